The van der Waals surface area contributed by atoms with Crippen LogP contribution in [0.25, 0.3) is 0 Å². The van der Waals surface area contributed by atoms with Crippen LogP contribution in [-0.4, -0.2) is 54.5 Å². The van der Waals surface area contributed by atoms with E-state index in [0.29, 0.717) is 13.0 Å². The van der Waals surface area contributed by atoms with Gasteiger partial charge in [0.15, 0.2) is 0 Å². The third-order valence-corrected chi connectivity index (χ3v) is 9.25. The van der Waals surface area contributed by atoms with E-state index >= 15 is 0 Å². The van der Waals surface area contributed by atoms with E-state index in [0.717, 1.165) is 19.9 Å². The van der Waals surface area contributed by atoms with Crippen molar-refractivity contribution in [3.8, 4) is 0 Å². The first-order valence-electron chi connectivity index (χ1n) is 13.6. The van der Waals surface area contributed by atoms with Crippen LogP contribution in [0.5, 0.6) is 0 Å². The van der Waals surface area contributed by atoms with Crippen molar-refractivity contribution in [2.75, 3.05) is 13.1 Å². The number of nitrogens with zero attached hydrogens (tertiary/aromatic N) is 2. The van der Waals surface area contributed by atoms with E-state index < -0.39 is 22.0 Å². The van der Waals surface area contributed by atoms with Gasteiger partial charge in [0.1, 0.15) is 10.9 Å². The van der Waals surface area contributed by atoms with Crippen molar-refractivity contribution < 1.29 is 22.8 Å². The summed E-state index contributed by atoms with van der Waals surface area (Å²) in [7, 11) is -3.96. The molecule has 0 bridgehead atoms. The molecule has 1 N–H and O–H groups in total. The fourth-order valence-electron chi connectivity index (χ4n) is 4.73. The highest BCUT2D eigenvalue weighted by Crippen LogP contribution is 2.30. The van der Waals surface area contributed by atoms with Gasteiger partial charge in [0, 0.05) is 36.9 Å². The van der Waals surface area contributed by atoms with E-state index in [9.17, 15) is 22.8 Å². The Balaban J connectivity index is 1.56. The third kappa shape index (κ3) is 7.42. The molecule has 0 spiro atoms. The summed E-state index contributed by atoms with van der Waals surface area (Å²) in [6, 6.07) is 22.4. The number of halogens is 1. The van der Waals surface area contributed by atoms with E-state index in [4.69, 9.17) is 0 Å². The Hall–Kier alpha value is -3.50. The Kier molecular flexibility index (Phi) is 9.99. The Morgan fingerprint density at radius 2 is 1.59 bits per heavy atom. The molecule has 0 aliphatic carbocycles. The minimum atomic E-state index is -3.96. The topological polar surface area (TPSA) is 104 Å². The van der Waals surface area contributed by atoms with Crippen LogP contribution >= 0.6 is 15.9 Å². The van der Waals surface area contributed by atoms with Gasteiger partial charge in [-0.2, -0.15) is 0 Å². The van der Waals surface area contributed by atoms with Crippen molar-refractivity contribution in [1.29, 1.82) is 0 Å². The number of carbonyl (C=O) groups excluding carboxylic acids is 3. The zero-order valence-electron chi connectivity index (χ0n) is 23.1. The number of fused-ring (bicyclic) bond motifs is 1. The Labute approximate surface area is 249 Å². The number of rotatable bonds is 12. The third-order valence-electron chi connectivity index (χ3n) is 6.89. The number of benzene rings is 3. The molecule has 0 aromatic heterocycles. The Morgan fingerprint density at radius 1 is 0.927 bits per heavy atom. The number of nitrogens with one attached hydrogen (secondary N) is 1. The van der Waals surface area contributed by atoms with Gasteiger partial charge in [-0.25, -0.2) is 12.7 Å². The van der Waals surface area contributed by atoms with E-state index in [1.54, 1.807) is 17.0 Å². The lowest BCUT2D eigenvalue weighted by atomic mass is 10.0. The van der Waals surface area contributed by atoms with Gasteiger partial charge < -0.3 is 10.2 Å². The Bertz CT molecular complexity index is 1490. The number of sulfonamides is 1. The molecule has 1 atom stereocenters. The van der Waals surface area contributed by atoms with E-state index in [1.807, 2.05) is 68.4 Å². The number of hydrogen-bond acceptors (Lipinski definition) is 5. The minimum Gasteiger partial charge on any atom is -0.354 e. The molecular formula is C31H34BrN3O5S. The smallest absolute Gasteiger partial charge is 0.269 e. The first kappa shape index (κ1) is 30.5. The highest BCUT2D eigenvalue weighted by molar-refractivity contribution is 9.10. The van der Waals surface area contributed by atoms with Gasteiger partial charge in [-0.1, -0.05) is 84.4 Å². The van der Waals surface area contributed by atoms with Crippen LogP contribution in [-0.2, 0) is 32.6 Å². The molecule has 216 valence electrons. The summed E-state index contributed by atoms with van der Waals surface area (Å²) in [6.07, 6.45) is 0.413. The number of amides is 3. The van der Waals surface area contributed by atoms with Gasteiger partial charge in [-0.3, -0.25) is 14.4 Å². The van der Waals surface area contributed by atoms with Gasteiger partial charge in [0.05, 0.1) is 5.56 Å². The second-order valence-corrected chi connectivity index (χ2v) is 13.2. The Morgan fingerprint density at radius 3 is 2.24 bits per heavy atom. The largest absolute Gasteiger partial charge is 0.354 e. The predicted octanol–water partition coefficient (Wildman–Crippen LogP) is 4.79. The molecule has 0 fully saturated rings. The molecule has 1 aliphatic heterocycles. The van der Waals surface area contributed by atoms with Gasteiger partial charge >= 0.3 is 0 Å². The summed E-state index contributed by atoms with van der Waals surface area (Å²) in [6.45, 7) is 4.55. The quantitative estimate of drug-likeness (QED) is 0.307. The molecule has 0 saturated heterocycles. The van der Waals surface area contributed by atoms with E-state index in [-0.39, 0.29) is 54.1 Å². The maximum Gasteiger partial charge on any atom is 0.269 e. The van der Waals surface area contributed by atoms with Crippen molar-refractivity contribution in [3.63, 3.8) is 0 Å². The molecule has 10 heteroatoms. The molecule has 0 radical (unpaired) electrons. The molecule has 3 aromatic carbocycles. The first-order chi connectivity index (χ1) is 19.6. The molecule has 41 heavy (non-hydrogen) atoms. The fourth-order valence-corrected chi connectivity index (χ4v) is 6.60. The zero-order chi connectivity index (χ0) is 29.6. The van der Waals surface area contributed by atoms with Crippen molar-refractivity contribution in [1.82, 2.24) is 14.5 Å². The normalized spacial score (nSPS) is 14.5. The fraction of sp³-hybridized carbons (Fsp3) is 0.323. The van der Waals surface area contributed by atoms with Crippen LogP contribution in [0.1, 0.15) is 48.2 Å². The van der Waals surface area contributed by atoms with Crippen molar-refractivity contribution >= 4 is 43.7 Å². The average Bonchev–Trinajstić information content (AvgIpc) is 3.15. The molecule has 0 saturated carbocycles. The summed E-state index contributed by atoms with van der Waals surface area (Å²) >= 11 is 3.44. The molecule has 4 rings (SSSR count). The van der Waals surface area contributed by atoms with Crippen molar-refractivity contribution in [2.24, 2.45) is 5.92 Å². The lowest BCUT2D eigenvalue weighted by Crippen LogP contribution is -2.51. The van der Waals surface area contributed by atoms with Crippen molar-refractivity contribution in [2.45, 2.75) is 50.6 Å². The molecule has 1 aliphatic rings. The van der Waals surface area contributed by atoms with E-state index in [2.05, 4.69) is 21.2 Å². The van der Waals surface area contributed by atoms with Gasteiger partial charge in [0.2, 0.25) is 11.8 Å². The van der Waals surface area contributed by atoms with Crippen LogP contribution in [0, 0.1) is 5.92 Å². The van der Waals surface area contributed by atoms with Crippen LogP contribution < -0.4 is 5.32 Å². The number of hydrogen-bond donors (Lipinski definition) is 1. The molecular weight excluding hydrogens is 606 g/mol. The summed E-state index contributed by atoms with van der Waals surface area (Å²) in [5.74, 6) is -0.901. The monoisotopic (exact) mass is 639 g/mol. The summed E-state index contributed by atoms with van der Waals surface area (Å²) in [5, 5.41) is 2.99. The zero-order valence-corrected chi connectivity index (χ0v) is 25.5. The summed E-state index contributed by atoms with van der Waals surface area (Å²) in [5.41, 5.74) is 1.90. The highest BCUT2D eigenvalue weighted by Gasteiger charge is 2.40. The minimum absolute atomic E-state index is 0.0158. The summed E-state index contributed by atoms with van der Waals surface area (Å²) < 4.78 is 27.6. The second-order valence-electron chi connectivity index (χ2n) is 10.5. The second kappa shape index (κ2) is 13.4. The van der Waals surface area contributed by atoms with Crippen LogP contribution in [0.3, 0.4) is 0 Å². The van der Waals surface area contributed by atoms with Crippen LogP contribution in [0.4, 0.5) is 0 Å². The molecule has 0 unspecified atom stereocenters. The van der Waals surface area contributed by atoms with Gasteiger partial charge in [0.25, 0.3) is 15.9 Å². The maximum absolute atomic E-state index is 13.8. The molecule has 1 heterocycles. The number of carbonyl (C=O) groups is 3. The predicted molar refractivity (Wildman–Crippen MR) is 160 cm³/mol. The molecule has 3 aromatic rings. The average molecular weight is 641 g/mol. The molecule has 8 nitrogen and oxygen atoms in total. The standard InChI is InChI=1S/C31H34BrN3O5S/c1-22(2)20-33-30(37)27(19-23-9-4-3-5-10-23)34(21-24-14-16-25(32)17-15-24)29(36)13-8-18-35-31(38)26-11-6-7-12-28(26)41(35,39)40/h3-7,9-12,14-17,22,27H,8,13,18-21H2,1-2H3,(H,33,37)/t27-/m1/s1. The summed E-state index contributed by atoms with van der Waals surface area (Å²) in [4.78, 5) is 41.7. The van der Waals surface area contributed by atoms with Gasteiger partial charge in [-0.05, 0) is 47.7 Å². The van der Waals surface area contributed by atoms with Gasteiger partial charge in [-0.15, -0.1) is 0 Å². The molecule has 3 amide bonds. The van der Waals surface area contributed by atoms with Crippen molar-refractivity contribution in [3.05, 3.63) is 100 Å². The van der Waals surface area contributed by atoms with Crippen LogP contribution in [0.15, 0.2) is 88.2 Å². The lowest BCUT2D eigenvalue weighted by molar-refractivity contribution is -0.141. The maximum atomic E-state index is 13.8. The lowest BCUT2D eigenvalue weighted by Gasteiger charge is -2.32. The highest BCUT2D eigenvalue weighted by atomic mass is 79.9. The first-order valence-corrected chi connectivity index (χ1v) is 15.8. The van der Waals surface area contributed by atoms with Crippen LogP contribution in [0.2, 0.25) is 0 Å². The van der Waals surface area contributed by atoms with E-state index in [1.165, 1.54) is 12.1 Å². The SMILES string of the molecule is CC(C)CNC(=O)[C@@H](Cc1ccccc1)N(Cc1ccc(Br)cc1)C(=O)CCCN1C(=O)c2ccccc2S1(=O)=O.